The maximum Gasteiger partial charge on any atom is 0.272 e. The first kappa shape index (κ1) is 18.7. The summed E-state index contributed by atoms with van der Waals surface area (Å²) in [7, 11) is 0. The molecule has 1 fully saturated rings. The van der Waals surface area contributed by atoms with Crippen LogP contribution in [-0.2, 0) is 0 Å². The van der Waals surface area contributed by atoms with E-state index in [0.717, 1.165) is 48.4 Å². The molecule has 5 nitrogen and oxygen atoms in total. The maximum atomic E-state index is 12.6. The lowest BCUT2D eigenvalue weighted by molar-refractivity contribution is 0.0766. The van der Waals surface area contributed by atoms with Gasteiger partial charge in [-0.1, -0.05) is 24.3 Å². The smallest absolute Gasteiger partial charge is 0.272 e. The molecule has 2 aliphatic heterocycles. The highest BCUT2D eigenvalue weighted by Crippen LogP contribution is 2.42. The summed E-state index contributed by atoms with van der Waals surface area (Å²) in [6.07, 6.45) is 5.96. The van der Waals surface area contributed by atoms with Gasteiger partial charge in [-0.3, -0.25) is 9.78 Å². The van der Waals surface area contributed by atoms with Gasteiger partial charge >= 0.3 is 0 Å². The van der Waals surface area contributed by atoms with Crippen molar-refractivity contribution >= 4 is 11.5 Å². The van der Waals surface area contributed by atoms with Gasteiger partial charge in [0.1, 0.15) is 17.0 Å². The number of nitrogens with zero attached hydrogens (tertiary/aromatic N) is 2. The molecule has 1 N–H and O–H groups in total. The number of pyridine rings is 1. The van der Waals surface area contributed by atoms with Gasteiger partial charge in [-0.15, -0.1) is 0 Å². The highest BCUT2D eigenvalue weighted by Gasteiger charge is 2.37. The minimum absolute atomic E-state index is 0.0206. The molecule has 2 aromatic rings. The van der Waals surface area contributed by atoms with Crippen LogP contribution in [0.5, 0.6) is 5.75 Å². The number of aromatic nitrogens is 1. The van der Waals surface area contributed by atoms with Gasteiger partial charge in [-0.25, -0.2) is 0 Å². The third-order valence-corrected chi connectivity index (χ3v) is 5.69. The van der Waals surface area contributed by atoms with E-state index < -0.39 is 0 Å². The zero-order valence-corrected chi connectivity index (χ0v) is 16.6. The zero-order valence-electron chi connectivity index (χ0n) is 16.6. The highest BCUT2D eigenvalue weighted by atomic mass is 16.5. The number of nitrogens with one attached hydrogen (secondary N) is 1. The monoisotopic (exact) mass is 377 g/mol. The second-order valence-electron chi connectivity index (χ2n) is 7.38. The van der Waals surface area contributed by atoms with Crippen LogP contribution in [0.2, 0.25) is 0 Å². The lowest BCUT2D eigenvalue weighted by atomic mass is 9.83. The Kier molecular flexibility index (Phi) is 5.18. The Morgan fingerprint density at radius 1 is 1.14 bits per heavy atom. The Balaban J connectivity index is 1.71. The van der Waals surface area contributed by atoms with Crippen LogP contribution in [0.25, 0.3) is 5.57 Å². The number of benzene rings is 1. The van der Waals surface area contributed by atoms with Crippen molar-refractivity contribution in [3.05, 3.63) is 65.5 Å². The van der Waals surface area contributed by atoms with Crippen molar-refractivity contribution in [2.24, 2.45) is 0 Å². The van der Waals surface area contributed by atoms with Gasteiger partial charge in [0.15, 0.2) is 0 Å². The number of carbonyl (C=O) groups is 1. The minimum atomic E-state index is -0.273. The predicted octanol–water partition coefficient (Wildman–Crippen LogP) is 3.51. The number of piperidine rings is 1. The molecule has 146 valence electrons. The SMILES string of the molecule is CCN(CC)C(=O)c1ccc(C2=CC3(CCNCC3)Oc3ccccc32)cn1. The molecule has 1 aromatic carbocycles. The van der Waals surface area contributed by atoms with Crippen molar-refractivity contribution in [3.63, 3.8) is 0 Å². The standard InChI is InChI=1S/C23H27N3O2/c1-3-26(4-2)22(27)20-10-9-17(16-25-20)19-15-23(11-13-24-14-12-23)28-21-8-6-5-7-18(19)21/h5-10,15-16,24H,3-4,11-14H2,1-2H3. The molecular weight excluding hydrogens is 350 g/mol. The number of para-hydroxylation sites is 1. The summed E-state index contributed by atoms with van der Waals surface area (Å²) in [5.41, 5.74) is 3.45. The first-order valence-corrected chi connectivity index (χ1v) is 10.1. The van der Waals surface area contributed by atoms with Crippen LogP contribution in [0, 0.1) is 0 Å². The van der Waals surface area contributed by atoms with Gasteiger partial charge < -0.3 is 15.0 Å². The van der Waals surface area contributed by atoms with Crippen LogP contribution in [0.4, 0.5) is 0 Å². The molecule has 0 unspecified atom stereocenters. The first-order chi connectivity index (χ1) is 13.7. The van der Waals surface area contributed by atoms with E-state index in [0.29, 0.717) is 18.8 Å². The van der Waals surface area contributed by atoms with E-state index in [9.17, 15) is 4.79 Å². The van der Waals surface area contributed by atoms with Gasteiger partial charge in [0.25, 0.3) is 5.91 Å². The van der Waals surface area contributed by atoms with Gasteiger partial charge in [0.05, 0.1) is 0 Å². The molecule has 0 atom stereocenters. The summed E-state index contributed by atoms with van der Waals surface area (Å²) < 4.78 is 6.44. The normalized spacial score (nSPS) is 17.4. The zero-order chi connectivity index (χ0) is 19.6. The Hall–Kier alpha value is -2.66. The van der Waals surface area contributed by atoms with E-state index in [1.807, 2.05) is 50.4 Å². The van der Waals surface area contributed by atoms with Gasteiger partial charge in [-0.05, 0) is 50.7 Å². The second-order valence-corrected chi connectivity index (χ2v) is 7.38. The van der Waals surface area contributed by atoms with E-state index in [1.165, 1.54) is 0 Å². The average Bonchev–Trinajstić information content (AvgIpc) is 2.74. The molecular formula is C23H27N3O2. The van der Waals surface area contributed by atoms with E-state index >= 15 is 0 Å². The van der Waals surface area contributed by atoms with E-state index in [4.69, 9.17) is 4.74 Å². The fraction of sp³-hybridized carbons (Fsp3) is 0.391. The van der Waals surface area contributed by atoms with E-state index in [1.54, 1.807) is 4.90 Å². The van der Waals surface area contributed by atoms with Crippen LogP contribution in [-0.4, -0.2) is 47.6 Å². The molecule has 0 radical (unpaired) electrons. The molecule has 1 aromatic heterocycles. The lowest BCUT2D eigenvalue weighted by Crippen LogP contribution is -2.46. The van der Waals surface area contributed by atoms with Crippen molar-refractivity contribution in [3.8, 4) is 5.75 Å². The Morgan fingerprint density at radius 3 is 2.57 bits per heavy atom. The lowest BCUT2D eigenvalue weighted by Gasteiger charge is -2.40. The van der Waals surface area contributed by atoms with E-state index in [2.05, 4.69) is 22.4 Å². The summed E-state index contributed by atoms with van der Waals surface area (Å²) in [6, 6.07) is 12.0. The van der Waals surface area contributed by atoms with Crippen LogP contribution in [0.1, 0.15) is 48.3 Å². The van der Waals surface area contributed by atoms with Crippen molar-refractivity contribution in [1.82, 2.24) is 15.2 Å². The van der Waals surface area contributed by atoms with Gasteiger partial charge in [-0.2, -0.15) is 0 Å². The minimum Gasteiger partial charge on any atom is -0.482 e. The molecule has 1 spiro atoms. The van der Waals surface area contributed by atoms with Gasteiger partial charge in [0.2, 0.25) is 0 Å². The molecule has 4 rings (SSSR count). The van der Waals surface area contributed by atoms with E-state index in [-0.39, 0.29) is 11.5 Å². The number of amides is 1. The fourth-order valence-electron chi connectivity index (χ4n) is 4.06. The van der Waals surface area contributed by atoms with Crippen molar-refractivity contribution in [2.45, 2.75) is 32.3 Å². The largest absolute Gasteiger partial charge is 0.482 e. The molecule has 1 amide bonds. The second kappa shape index (κ2) is 7.76. The quantitative estimate of drug-likeness (QED) is 0.886. The summed E-state index contributed by atoms with van der Waals surface area (Å²) in [6.45, 7) is 7.23. The summed E-state index contributed by atoms with van der Waals surface area (Å²) in [5, 5.41) is 3.41. The van der Waals surface area contributed by atoms with Crippen molar-refractivity contribution in [1.29, 1.82) is 0 Å². The predicted molar refractivity (Wildman–Crippen MR) is 110 cm³/mol. The van der Waals surface area contributed by atoms with Crippen molar-refractivity contribution < 1.29 is 9.53 Å². The number of rotatable bonds is 4. The molecule has 1 saturated heterocycles. The first-order valence-electron chi connectivity index (χ1n) is 10.1. The molecule has 0 aliphatic carbocycles. The number of ether oxygens (including phenoxy) is 1. The Bertz CT molecular complexity index is 879. The Labute approximate surface area is 166 Å². The van der Waals surface area contributed by atoms with Crippen molar-refractivity contribution in [2.75, 3.05) is 26.2 Å². The molecule has 0 saturated carbocycles. The molecule has 28 heavy (non-hydrogen) atoms. The molecule has 0 bridgehead atoms. The number of carbonyl (C=O) groups excluding carboxylic acids is 1. The van der Waals surface area contributed by atoms with Crippen LogP contribution in [0.3, 0.4) is 0 Å². The third kappa shape index (κ3) is 3.42. The van der Waals surface area contributed by atoms with Crippen LogP contribution < -0.4 is 10.1 Å². The molecule has 5 heteroatoms. The summed E-state index contributed by atoms with van der Waals surface area (Å²) in [5.74, 6) is 0.901. The maximum absolute atomic E-state index is 12.6. The highest BCUT2D eigenvalue weighted by molar-refractivity contribution is 5.93. The summed E-state index contributed by atoms with van der Waals surface area (Å²) >= 11 is 0. The molecule has 2 aliphatic rings. The van der Waals surface area contributed by atoms with Crippen LogP contribution >= 0.6 is 0 Å². The summed E-state index contributed by atoms with van der Waals surface area (Å²) in [4.78, 5) is 18.8. The third-order valence-electron chi connectivity index (χ3n) is 5.69. The topological polar surface area (TPSA) is 54.5 Å². The number of hydrogen-bond donors (Lipinski definition) is 1. The Morgan fingerprint density at radius 2 is 1.89 bits per heavy atom. The number of hydrogen-bond acceptors (Lipinski definition) is 4. The van der Waals surface area contributed by atoms with Gasteiger partial charge in [0, 0.05) is 43.3 Å². The fourth-order valence-corrected chi connectivity index (χ4v) is 4.06. The number of fused-ring (bicyclic) bond motifs is 1. The average molecular weight is 377 g/mol. The van der Waals surface area contributed by atoms with Crippen LogP contribution in [0.15, 0.2) is 48.7 Å². The molecule has 3 heterocycles.